The first kappa shape index (κ1) is 36.9. The molecule has 3 saturated carbocycles. The molecule has 50 heavy (non-hydrogen) atoms. The van der Waals surface area contributed by atoms with Crippen molar-refractivity contribution < 1.29 is 46.7 Å². The number of benzene rings is 1. The molecule has 0 aromatic heterocycles. The van der Waals surface area contributed by atoms with Crippen LogP contribution in [0.5, 0.6) is 5.75 Å². The number of amides is 2. The minimum atomic E-state index is -3.21. The highest BCUT2D eigenvalue weighted by Gasteiger charge is 2.67. The Hall–Kier alpha value is -2.93. The molecular weight excluding hydrogens is 649 g/mol. The Kier molecular flexibility index (Phi) is 9.10. The van der Waals surface area contributed by atoms with Crippen molar-refractivity contribution in [3.63, 3.8) is 0 Å². The fraction of sp³-hybridized carbons (Fsp3) is 0.757. The Morgan fingerprint density at radius 3 is 2.28 bits per heavy atom. The Balaban J connectivity index is 1.12. The number of esters is 1. The SMILES string of the molecule is Cc1c(CCB2O[C@@H]3C[C@@H]4C[C@@H](C4(C)C)[C@]3(C)O2)ccc(OC2CN(C(=O)[C@@H]3CC(F)(F)CN3C(=O)OC(C)(C)C)C2)c1C(=O)OC(C)(C)C. The van der Waals surface area contributed by atoms with Crippen LogP contribution in [-0.2, 0) is 30.0 Å². The molecule has 276 valence electrons. The van der Waals surface area contributed by atoms with Crippen molar-refractivity contribution in [1.29, 1.82) is 0 Å². The van der Waals surface area contributed by atoms with Gasteiger partial charge < -0.3 is 28.4 Å². The lowest BCUT2D eigenvalue weighted by atomic mass is 9.43. The van der Waals surface area contributed by atoms with E-state index in [0.29, 0.717) is 35.9 Å². The Morgan fingerprint density at radius 2 is 1.66 bits per heavy atom. The number of rotatable bonds is 7. The molecule has 6 aliphatic rings. The van der Waals surface area contributed by atoms with Crippen LogP contribution in [0.2, 0.25) is 6.32 Å². The van der Waals surface area contributed by atoms with Crippen LogP contribution in [0.4, 0.5) is 13.6 Å². The largest absolute Gasteiger partial charge is 0.486 e. The lowest BCUT2D eigenvalue weighted by molar-refractivity contribution is -0.199. The van der Waals surface area contributed by atoms with Gasteiger partial charge in [-0.2, -0.15) is 0 Å². The third kappa shape index (κ3) is 6.97. The van der Waals surface area contributed by atoms with Crippen LogP contribution in [0.3, 0.4) is 0 Å². The summed E-state index contributed by atoms with van der Waals surface area (Å²) >= 11 is 0. The zero-order chi connectivity index (χ0) is 36.8. The van der Waals surface area contributed by atoms with Gasteiger partial charge in [0.15, 0.2) is 0 Å². The van der Waals surface area contributed by atoms with Gasteiger partial charge in [0.25, 0.3) is 5.92 Å². The average Bonchev–Trinajstić information content (AvgIpc) is 3.47. The van der Waals surface area contributed by atoms with Crippen molar-refractivity contribution in [2.24, 2.45) is 17.3 Å². The van der Waals surface area contributed by atoms with Crippen LogP contribution >= 0.6 is 0 Å². The number of halogens is 2. The first-order chi connectivity index (χ1) is 23.0. The standard InChI is InChI=1S/C37H53BF2N2O8/c1-21-22(13-14-38-49-28-16-23-15-27(35(23,8)9)36(28,10)50-38)11-12-26(29(21)31(44)47-33(2,3)4)46-24-18-41(19-24)30(43)25-17-37(39,40)20-42(25)32(45)48-34(5,6)7/h11-12,23-25,27-28H,13-20H2,1-10H3/t23-,25-,27-,28+,36-/m0/s1. The van der Waals surface area contributed by atoms with Gasteiger partial charge >= 0.3 is 19.2 Å². The predicted octanol–water partition coefficient (Wildman–Crippen LogP) is 6.46. The first-order valence-corrected chi connectivity index (χ1v) is 18.0. The molecule has 5 atom stereocenters. The molecule has 1 aromatic carbocycles. The fourth-order valence-corrected chi connectivity index (χ4v) is 8.66. The van der Waals surface area contributed by atoms with Crippen LogP contribution in [0.1, 0.15) is 103 Å². The molecule has 0 radical (unpaired) electrons. The molecule has 3 aliphatic carbocycles. The highest BCUT2D eigenvalue weighted by Crippen LogP contribution is 2.65. The lowest BCUT2D eigenvalue weighted by Gasteiger charge is -2.64. The number of hydrogen-bond donors (Lipinski definition) is 0. The monoisotopic (exact) mass is 702 g/mol. The Bertz CT molecular complexity index is 1530. The number of likely N-dealkylation sites (tertiary alicyclic amines) is 2. The summed E-state index contributed by atoms with van der Waals surface area (Å²) in [4.78, 5) is 41.9. The van der Waals surface area contributed by atoms with E-state index in [-0.39, 0.29) is 37.3 Å². The van der Waals surface area contributed by atoms with Gasteiger partial charge in [0.2, 0.25) is 5.91 Å². The smallest absolute Gasteiger partial charge is 0.457 e. The zero-order valence-corrected chi connectivity index (χ0v) is 31.2. The molecule has 2 amide bonds. The molecule has 7 rings (SSSR count). The van der Waals surface area contributed by atoms with E-state index < -0.39 is 60.2 Å². The average molecular weight is 703 g/mol. The van der Waals surface area contributed by atoms with Crippen LogP contribution in [0.15, 0.2) is 12.1 Å². The van der Waals surface area contributed by atoms with E-state index in [0.717, 1.165) is 22.4 Å². The predicted molar refractivity (Wildman–Crippen MR) is 182 cm³/mol. The number of nitrogens with zero attached hydrogens (tertiary/aromatic N) is 2. The minimum absolute atomic E-state index is 0.0953. The summed E-state index contributed by atoms with van der Waals surface area (Å²) in [5.74, 6) is -2.84. The molecule has 0 spiro atoms. The maximum Gasteiger partial charge on any atom is 0.457 e. The number of carbonyl (C=O) groups excluding carboxylic acids is 3. The van der Waals surface area contributed by atoms with Gasteiger partial charge in [-0.25, -0.2) is 18.4 Å². The van der Waals surface area contributed by atoms with E-state index in [9.17, 15) is 23.2 Å². The maximum absolute atomic E-state index is 14.4. The number of ether oxygens (including phenoxy) is 3. The molecule has 3 saturated heterocycles. The summed E-state index contributed by atoms with van der Waals surface area (Å²) in [6.07, 6.45) is 1.36. The first-order valence-electron chi connectivity index (χ1n) is 18.0. The van der Waals surface area contributed by atoms with Crippen LogP contribution < -0.4 is 4.74 Å². The molecule has 13 heteroatoms. The molecule has 3 heterocycles. The van der Waals surface area contributed by atoms with Gasteiger partial charge in [0.05, 0.1) is 31.3 Å². The number of hydrogen-bond acceptors (Lipinski definition) is 8. The molecular formula is C37H53BF2N2O8. The summed E-state index contributed by atoms with van der Waals surface area (Å²) in [5.41, 5.74) is 0.317. The third-order valence-corrected chi connectivity index (χ3v) is 11.4. The summed E-state index contributed by atoms with van der Waals surface area (Å²) in [6, 6.07) is 2.35. The van der Waals surface area contributed by atoms with Crippen LogP contribution in [-0.4, -0.2) is 95.5 Å². The minimum Gasteiger partial charge on any atom is -0.486 e. The van der Waals surface area contributed by atoms with E-state index in [1.165, 1.54) is 11.3 Å². The van der Waals surface area contributed by atoms with E-state index in [1.807, 2.05) is 13.0 Å². The lowest BCUT2D eigenvalue weighted by Crippen LogP contribution is -2.65. The molecule has 10 nitrogen and oxygen atoms in total. The fourth-order valence-electron chi connectivity index (χ4n) is 8.66. The van der Waals surface area contributed by atoms with Crippen molar-refractivity contribution in [2.45, 2.75) is 142 Å². The summed E-state index contributed by atoms with van der Waals surface area (Å²) < 4.78 is 59.3. The van der Waals surface area contributed by atoms with Crippen molar-refractivity contribution in [3.05, 3.63) is 28.8 Å². The van der Waals surface area contributed by atoms with Gasteiger partial charge in [-0.3, -0.25) is 9.69 Å². The van der Waals surface area contributed by atoms with Gasteiger partial charge in [0, 0.05) is 6.42 Å². The number of alkyl halides is 2. The van der Waals surface area contributed by atoms with Gasteiger partial charge in [0.1, 0.15) is 34.7 Å². The zero-order valence-electron chi connectivity index (χ0n) is 31.2. The molecule has 0 N–H and O–H groups in total. The second-order valence-corrected chi connectivity index (χ2v) is 17.8. The topological polar surface area (TPSA) is 104 Å². The Morgan fingerprint density at radius 1 is 1.00 bits per heavy atom. The highest BCUT2D eigenvalue weighted by atomic mass is 19.3. The second-order valence-electron chi connectivity index (χ2n) is 17.8. The molecule has 2 bridgehead atoms. The normalized spacial score (nSPS) is 30.0. The van der Waals surface area contributed by atoms with Crippen molar-refractivity contribution in [1.82, 2.24) is 9.80 Å². The van der Waals surface area contributed by atoms with Crippen molar-refractivity contribution in [2.75, 3.05) is 19.6 Å². The van der Waals surface area contributed by atoms with Crippen LogP contribution in [0, 0.1) is 24.2 Å². The summed E-state index contributed by atoms with van der Waals surface area (Å²) in [5, 5.41) is 0. The molecule has 6 fully saturated rings. The number of aryl methyl sites for hydroxylation is 1. The van der Waals surface area contributed by atoms with E-state index in [2.05, 4.69) is 20.8 Å². The summed E-state index contributed by atoms with van der Waals surface area (Å²) in [7, 11) is -0.329. The third-order valence-electron chi connectivity index (χ3n) is 11.4. The van der Waals surface area contributed by atoms with Crippen LogP contribution in [0.25, 0.3) is 0 Å². The molecule has 1 aromatic rings. The van der Waals surface area contributed by atoms with Gasteiger partial charge in [-0.05, 0) is 115 Å². The Labute approximate surface area is 295 Å². The van der Waals surface area contributed by atoms with Crippen molar-refractivity contribution in [3.8, 4) is 5.75 Å². The summed E-state index contributed by atoms with van der Waals surface area (Å²) in [6.45, 7) is 18.4. The van der Waals surface area contributed by atoms with E-state index in [1.54, 1.807) is 47.6 Å². The molecule has 3 aliphatic heterocycles. The molecule has 0 unspecified atom stereocenters. The quantitative estimate of drug-likeness (QED) is 0.236. The highest BCUT2D eigenvalue weighted by molar-refractivity contribution is 6.45. The van der Waals surface area contributed by atoms with E-state index >= 15 is 0 Å². The second kappa shape index (κ2) is 12.3. The van der Waals surface area contributed by atoms with E-state index in [4.69, 9.17) is 23.5 Å². The van der Waals surface area contributed by atoms with Gasteiger partial charge in [-0.1, -0.05) is 19.9 Å². The van der Waals surface area contributed by atoms with Gasteiger partial charge in [-0.15, -0.1) is 0 Å². The van der Waals surface area contributed by atoms with Crippen molar-refractivity contribution >= 4 is 25.1 Å². The maximum atomic E-state index is 14.4. The number of carbonyl (C=O) groups is 3.